The van der Waals surface area contributed by atoms with Crippen LogP contribution in [0.4, 0.5) is 0 Å². The summed E-state index contributed by atoms with van der Waals surface area (Å²) in [4.78, 5) is 17.0. The molecule has 3 N–H and O–H groups in total. The second-order valence-electron chi connectivity index (χ2n) is 6.54. The number of aromatic nitrogens is 1. The van der Waals surface area contributed by atoms with Gasteiger partial charge in [-0.05, 0) is 59.7 Å². The van der Waals surface area contributed by atoms with E-state index in [0.717, 1.165) is 26.7 Å². The van der Waals surface area contributed by atoms with Crippen molar-refractivity contribution < 1.29 is 9.90 Å². The number of fused-ring (bicyclic) bond motifs is 1. The molecule has 3 aromatic carbocycles. The number of thiazole rings is 1. The van der Waals surface area contributed by atoms with Crippen LogP contribution >= 0.6 is 23.1 Å². The van der Waals surface area contributed by atoms with Crippen molar-refractivity contribution in [3.05, 3.63) is 96.1 Å². The number of nitrogens with one attached hydrogen (secondary N) is 2. The van der Waals surface area contributed by atoms with Gasteiger partial charge in [-0.3, -0.25) is 15.6 Å². The van der Waals surface area contributed by atoms with Gasteiger partial charge in [-0.1, -0.05) is 42.6 Å². The predicted molar refractivity (Wildman–Crippen MR) is 123 cm³/mol. The minimum absolute atomic E-state index is 0.178. The van der Waals surface area contributed by atoms with Gasteiger partial charge in [0.1, 0.15) is 5.75 Å². The minimum atomic E-state index is -0.250. The molecular weight excluding hydrogens is 414 g/mol. The van der Waals surface area contributed by atoms with Gasteiger partial charge >= 0.3 is 0 Å². The first-order valence-corrected chi connectivity index (χ1v) is 11.0. The maximum Gasteiger partial charge on any atom is 0.269 e. The van der Waals surface area contributed by atoms with Crippen molar-refractivity contribution in [1.29, 1.82) is 0 Å². The first-order chi connectivity index (χ1) is 14.6. The molecule has 0 unspecified atom stereocenters. The van der Waals surface area contributed by atoms with Crippen molar-refractivity contribution in [2.24, 2.45) is 0 Å². The molecule has 0 saturated heterocycles. The molecule has 7 heteroatoms. The van der Waals surface area contributed by atoms with E-state index in [-0.39, 0.29) is 11.7 Å². The van der Waals surface area contributed by atoms with E-state index in [1.165, 1.54) is 4.70 Å². The summed E-state index contributed by atoms with van der Waals surface area (Å²) in [5, 5.41) is 9.34. The molecule has 30 heavy (non-hydrogen) atoms. The largest absolute Gasteiger partial charge is 0.508 e. The first-order valence-electron chi connectivity index (χ1n) is 9.20. The Morgan fingerprint density at radius 1 is 0.967 bits per heavy atom. The van der Waals surface area contributed by atoms with Crippen LogP contribution in [0.25, 0.3) is 15.9 Å². The average molecular weight is 434 g/mol. The Morgan fingerprint density at radius 3 is 2.40 bits per heavy atom. The summed E-state index contributed by atoms with van der Waals surface area (Å²) in [6.45, 7) is 3.89. The molecule has 0 radical (unpaired) electrons. The highest BCUT2D eigenvalue weighted by Gasteiger charge is 2.08. The Bertz CT molecular complexity index is 1150. The predicted octanol–water partition coefficient (Wildman–Crippen LogP) is 5.20. The van der Waals surface area contributed by atoms with Crippen molar-refractivity contribution in [3.63, 3.8) is 0 Å². The SMILES string of the molecule is C=C(NNC(=O)c1ccc(CSc2nc3ccccc3s2)cc1)c1ccc(O)cc1. The van der Waals surface area contributed by atoms with Crippen molar-refractivity contribution in [2.75, 3.05) is 0 Å². The van der Waals surface area contributed by atoms with Gasteiger partial charge in [-0.2, -0.15) is 0 Å². The van der Waals surface area contributed by atoms with Crippen LogP contribution in [0, 0.1) is 0 Å². The summed E-state index contributed by atoms with van der Waals surface area (Å²) in [5.41, 5.74) is 9.45. The Kier molecular flexibility index (Phi) is 6.02. The maximum atomic E-state index is 12.4. The zero-order chi connectivity index (χ0) is 20.9. The lowest BCUT2D eigenvalue weighted by atomic mass is 10.1. The van der Waals surface area contributed by atoms with Crippen LogP contribution in [-0.2, 0) is 5.75 Å². The van der Waals surface area contributed by atoms with E-state index in [9.17, 15) is 9.90 Å². The summed E-state index contributed by atoms with van der Waals surface area (Å²) in [5.74, 6) is 0.717. The molecule has 0 fully saturated rings. The quantitative estimate of drug-likeness (QED) is 0.276. The Labute approximate surface area is 182 Å². The third-order valence-corrected chi connectivity index (χ3v) is 6.65. The van der Waals surface area contributed by atoms with E-state index >= 15 is 0 Å². The van der Waals surface area contributed by atoms with Crippen molar-refractivity contribution >= 4 is 44.9 Å². The van der Waals surface area contributed by atoms with Crippen LogP contribution in [-0.4, -0.2) is 16.0 Å². The van der Waals surface area contributed by atoms with Gasteiger partial charge in [0.2, 0.25) is 0 Å². The third-order valence-electron chi connectivity index (χ3n) is 4.40. The number of nitrogens with zero attached hydrogens (tertiary/aromatic N) is 1. The zero-order valence-electron chi connectivity index (χ0n) is 16.0. The number of hydrogen-bond donors (Lipinski definition) is 3. The lowest BCUT2D eigenvalue weighted by Gasteiger charge is -2.11. The van der Waals surface area contributed by atoms with Crippen molar-refractivity contribution in [3.8, 4) is 5.75 Å². The number of para-hydroxylation sites is 1. The number of phenols is 1. The number of carbonyl (C=O) groups excluding carboxylic acids is 1. The van der Waals surface area contributed by atoms with E-state index in [1.807, 2.05) is 30.3 Å². The number of carbonyl (C=O) groups is 1. The molecule has 4 rings (SSSR count). The summed E-state index contributed by atoms with van der Waals surface area (Å²) < 4.78 is 2.23. The topological polar surface area (TPSA) is 74.2 Å². The zero-order valence-corrected chi connectivity index (χ0v) is 17.6. The van der Waals surface area contributed by atoms with E-state index in [1.54, 1.807) is 59.5 Å². The van der Waals surface area contributed by atoms with Crippen LogP contribution in [0.2, 0.25) is 0 Å². The van der Waals surface area contributed by atoms with Crippen LogP contribution in [0.15, 0.2) is 83.7 Å². The molecule has 0 spiro atoms. The van der Waals surface area contributed by atoms with Gasteiger partial charge < -0.3 is 5.11 Å². The summed E-state index contributed by atoms with van der Waals surface area (Å²) in [6.07, 6.45) is 0. The van der Waals surface area contributed by atoms with E-state index in [4.69, 9.17) is 0 Å². The highest BCUT2D eigenvalue weighted by molar-refractivity contribution is 8.00. The van der Waals surface area contributed by atoms with E-state index < -0.39 is 0 Å². The molecule has 1 heterocycles. The van der Waals surface area contributed by atoms with Gasteiger partial charge in [-0.25, -0.2) is 4.98 Å². The maximum absolute atomic E-state index is 12.4. The Morgan fingerprint density at radius 2 is 1.67 bits per heavy atom. The molecule has 1 amide bonds. The minimum Gasteiger partial charge on any atom is -0.508 e. The molecule has 0 aliphatic rings. The standard InChI is InChI=1S/C23H19N3O2S2/c1-15(17-10-12-19(27)13-11-17)25-26-22(28)18-8-6-16(7-9-18)14-29-23-24-20-4-2-3-5-21(20)30-23/h2-13,25,27H,1,14H2,(H,26,28). The van der Waals surface area contributed by atoms with Crippen molar-refractivity contribution in [2.45, 2.75) is 10.1 Å². The summed E-state index contributed by atoms with van der Waals surface area (Å²) in [7, 11) is 0. The molecule has 0 aliphatic heterocycles. The fraction of sp³-hybridized carbons (Fsp3) is 0.0435. The van der Waals surface area contributed by atoms with Gasteiger partial charge in [0.05, 0.1) is 15.9 Å². The molecule has 0 bridgehead atoms. The number of benzene rings is 3. The number of hydrogen-bond acceptors (Lipinski definition) is 6. The van der Waals surface area contributed by atoms with Gasteiger partial charge in [0.15, 0.2) is 4.34 Å². The van der Waals surface area contributed by atoms with Crippen LogP contribution in [0.3, 0.4) is 0 Å². The number of hydrazine groups is 1. The lowest BCUT2D eigenvalue weighted by Crippen LogP contribution is -2.35. The van der Waals surface area contributed by atoms with Crippen LogP contribution < -0.4 is 10.9 Å². The highest BCUT2D eigenvalue weighted by Crippen LogP contribution is 2.31. The number of phenolic OH excluding ortho intramolecular Hbond substituents is 1. The summed E-state index contributed by atoms with van der Waals surface area (Å²) >= 11 is 3.38. The fourth-order valence-corrected chi connectivity index (χ4v) is 4.77. The molecule has 0 saturated carbocycles. The second-order valence-corrected chi connectivity index (χ2v) is 8.79. The average Bonchev–Trinajstić information content (AvgIpc) is 3.20. The number of aromatic hydroxyl groups is 1. The normalized spacial score (nSPS) is 10.7. The van der Waals surface area contributed by atoms with Crippen LogP contribution in [0.1, 0.15) is 21.5 Å². The molecule has 5 nitrogen and oxygen atoms in total. The third kappa shape index (κ3) is 4.82. The van der Waals surface area contributed by atoms with E-state index in [0.29, 0.717) is 11.3 Å². The van der Waals surface area contributed by atoms with Gasteiger partial charge in [-0.15, -0.1) is 11.3 Å². The highest BCUT2D eigenvalue weighted by atomic mass is 32.2. The fourth-order valence-electron chi connectivity index (χ4n) is 2.75. The number of rotatable bonds is 7. The first kappa shape index (κ1) is 20.0. The van der Waals surface area contributed by atoms with Gasteiger partial charge in [0, 0.05) is 11.3 Å². The second kappa shape index (κ2) is 9.02. The monoisotopic (exact) mass is 433 g/mol. The molecule has 0 atom stereocenters. The number of amides is 1. The summed E-state index contributed by atoms with van der Waals surface area (Å²) in [6, 6.07) is 22.2. The molecular formula is C23H19N3O2S2. The number of thioether (sulfide) groups is 1. The molecule has 0 aliphatic carbocycles. The lowest BCUT2D eigenvalue weighted by molar-refractivity contribution is 0.0942. The van der Waals surface area contributed by atoms with E-state index in [2.05, 4.69) is 28.5 Å². The Hall–Kier alpha value is -3.29. The van der Waals surface area contributed by atoms with Crippen LogP contribution in [0.5, 0.6) is 5.75 Å². The molecule has 1 aromatic heterocycles. The smallest absolute Gasteiger partial charge is 0.269 e. The van der Waals surface area contributed by atoms with Crippen molar-refractivity contribution in [1.82, 2.24) is 15.8 Å². The molecule has 4 aromatic rings. The Balaban J connectivity index is 1.30. The van der Waals surface area contributed by atoms with Gasteiger partial charge in [0.25, 0.3) is 5.91 Å². The molecule has 150 valence electrons.